The second-order valence-corrected chi connectivity index (χ2v) is 7.15. The zero-order valence-electron chi connectivity index (χ0n) is 13.2. The topological polar surface area (TPSA) is 95.2 Å². The SMILES string of the molecule is Cc1n[nH]c(C)c1S(=O)(=O)N(C)CC(=O)Nc1c(F)cccc1F. The second-order valence-electron chi connectivity index (χ2n) is 5.17. The van der Waals surface area contributed by atoms with Gasteiger partial charge in [-0.15, -0.1) is 0 Å². The number of aromatic nitrogens is 2. The van der Waals surface area contributed by atoms with Crippen LogP contribution in [-0.4, -0.2) is 42.4 Å². The molecule has 10 heteroatoms. The number of para-hydroxylation sites is 1. The van der Waals surface area contributed by atoms with Crippen LogP contribution in [0.5, 0.6) is 0 Å². The van der Waals surface area contributed by atoms with Crippen LogP contribution in [0.4, 0.5) is 14.5 Å². The van der Waals surface area contributed by atoms with Crippen molar-refractivity contribution in [1.29, 1.82) is 0 Å². The molecule has 2 aromatic rings. The van der Waals surface area contributed by atoms with Gasteiger partial charge in [0.1, 0.15) is 22.2 Å². The Bertz CT molecular complexity index is 840. The van der Waals surface area contributed by atoms with Crippen LogP contribution >= 0.6 is 0 Å². The standard InChI is InChI=1S/C14H16F2N4O3S/c1-8-14(9(2)19-18-8)24(22,23)20(3)7-12(21)17-13-10(15)5-4-6-11(13)16/h4-6H,7H2,1-3H3,(H,17,21)(H,18,19). The normalized spacial score (nSPS) is 11.8. The molecule has 0 saturated heterocycles. The van der Waals surface area contributed by atoms with Crippen molar-refractivity contribution in [1.82, 2.24) is 14.5 Å². The van der Waals surface area contributed by atoms with Crippen molar-refractivity contribution in [3.63, 3.8) is 0 Å². The predicted molar refractivity (Wildman–Crippen MR) is 82.9 cm³/mol. The Kier molecular flexibility index (Phi) is 4.99. The average molecular weight is 358 g/mol. The first-order valence-electron chi connectivity index (χ1n) is 6.86. The van der Waals surface area contributed by atoms with Crippen LogP contribution < -0.4 is 5.32 Å². The Morgan fingerprint density at radius 1 is 1.29 bits per heavy atom. The lowest BCUT2D eigenvalue weighted by atomic mass is 10.3. The third-order valence-electron chi connectivity index (χ3n) is 3.32. The predicted octanol–water partition coefficient (Wildman–Crippen LogP) is 1.56. The Morgan fingerprint density at radius 3 is 2.38 bits per heavy atom. The molecule has 0 aliphatic carbocycles. The fourth-order valence-corrected chi connectivity index (χ4v) is 3.61. The molecule has 1 amide bonds. The highest BCUT2D eigenvalue weighted by atomic mass is 32.2. The number of sulfonamides is 1. The minimum atomic E-state index is -3.97. The summed E-state index contributed by atoms with van der Waals surface area (Å²) >= 11 is 0. The first-order valence-corrected chi connectivity index (χ1v) is 8.30. The Morgan fingerprint density at radius 2 is 1.88 bits per heavy atom. The van der Waals surface area contributed by atoms with Gasteiger partial charge in [-0.25, -0.2) is 17.2 Å². The molecule has 0 saturated carbocycles. The van der Waals surface area contributed by atoms with E-state index in [4.69, 9.17) is 0 Å². The summed E-state index contributed by atoms with van der Waals surface area (Å²) in [4.78, 5) is 11.9. The molecule has 7 nitrogen and oxygen atoms in total. The third kappa shape index (κ3) is 3.44. The highest BCUT2D eigenvalue weighted by Crippen LogP contribution is 2.21. The van der Waals surface area contributed by atoms with E-state index in [0.29, 0.717) is 5.69 Å². The molecule has 0 unspecified atom stereocenters. The number of nitrogens with zero attached hydrogens (tertiary/aromatic N) is 2. The van der Waals surface area contributed by atoms with E-state index in [0.717, 1.165) is 22.5 Å². The maximum Gasteiger partial charge on any atom is 0.246 e. The third-order valence-corrected chi connectivity index (χ3v) is 5.39. The summed E-state index contributed by atoms with van der Waals surface area (Å²) in [5, 5.41) is 8.39. The molecule has 0 radical (unpaired) electrons. The van der Waals surface area contributed by atoms with Crippen LogP contribution in [0.1, 0.15) is 11.4 Å². The van der Waals surface area contributed by atoms with E-state index in [-0.39, 0.29) is 10.6 Å². The van der Waals surface area contributed by atoms with Crippen LogP contribution in [0.2, 0.25) is 0 Å². The quantitative estimate of drug-likeness (QED) is 0.848. The highest BCUT2D eigenvalue weighted by Gasteiger charge is 2.28. The maximum absolute atomic E-state index is 13.5. The number of carbonyl (C=O) groups is 1. The molecule has 1 heterocycles. The molecular weight excluding hydrogens is 342 g/mol. The Labute approximate surface area is 137 Å². The molecule has 0 aliphatic rings. The van der Waals surface area contributed by atoms with Gasteiger partial charge in [-0.3, -0.25) is 9.89 Å². The lowest BCUT2D eigenvalue weighted by molar-refractivity contribution is -0.116. The molecule has 0 atom stereocenters. The van der Waals surface area contributed by atoms with Crippen molar-refractivity contribution < 1.29 is 22.0 Å². The van der Waals surface area contributed by atoms with Crippen LogP contribution in [0.15, 0.2) is 23.1 Å². The number of amides is 1. The van der Waals surface area contributed by atoms with Gasteiger partial charge in [-0.05, 0) is 26.0 Å². The number of carbonyl (C=O) groups excluding carboxylic acids is 1. The molecule has 24 heavy (non-hydrogen) atoms. The van der Waals surface area contributed by atoms with Crippen LogP contribution in [0.25, 0.3) is 0 Å². The van der Waals surface area contributed by atoms with E-state index in [9.17, 15) is 22.0 Å². The van der Waals surface area contributed by atoms with E-state index >= 15 is 0 Å². The van der Waals surface area contributed by atoms with Crippen molar-refractivity contribution in [2.75, 3.05) is 18.9 Å². The lowest BCUT2D eigenvalue weighted by Gasteiger charge is -2.17. The van der Waals surface area contributed by atoms with Crippen molar-refractivity contribution in [3.8, 4) is 0 Å². The van der Waals surface area contributed by atoms with Crippen LogP contribution in [-0.2, 0) is 14.8 Å². The summed E-state index contributed by atoms with van der Waals surface area (Å²) in [5.41, 5.74) is -0.0243. The summed E-state index contributed by atoms with van der Waals surface area (Å²) in [5.74, 6) is -2.77. The maximum atomic E-state index is 13.5. The van der Waals surface area contributed by atoms with Gasteiger partial charge in [0.15, 0.2) is 0 Å². The number of likely N-dealkylation sites (N-methyl/N-ethyl adjacent to an activating group) is 1. The van der Waals surface area contributed by atoms with Crippen molar-refractivity contribution in [3.05, 3.63) is 41.2 Å². The number of benzene rings is 1. The van der Waals surface area contributed by atoms with E-state index in [2.05, 4.69) is 10.2 Å². The van der Waals surface area contributed by atoms with Gasteiger partial charge in [0, 0.05) is 7.05 Å². The number of halogens is 2. The molecule has 0 bridgehead atoms. The number of nitrogens with one attached hydrogen (secondary N) is 2. The molecule has 1 aromatic carbocycles. The summed E-state index contributed by atoms with van der Waals surface area (Å²) in [6, 6.07) is 3.12. The number of rotatable bonds is 5. The molecule has 2 N–H and O–H groups in total. The average Bonchev–Trinajstić information content (AvgIpc) is 2.82. The van der Waals surface area contributed by atoms with Crippen LogP contribution in [0.3, 0.4) is 0 Å². The summed E-state index contributed by atoms with van der Waals surface area (Å²) in [6.45, 7) is 2.44. The zero-order chi connectivity index (χ0) is 18.1. The second kappa shape index (κ2) is 6.65. The number of aromatic amines is 1. The summed E-state index contributed by atoms with van der Waals surface area (Å²) in [6.07, 6.45) is 0. The van der Waals surface area contributed by atoms with E-state index in [1.54, 1.807) is 0 Å². The zero-order valence-corrected chi connectivity index (χ0v) is 14.0. The largest absolute Gasteiger partial charge is 0.320 e. The molecular formula is C14H16F2N4O3S. The Balaban J connectivity index is 2.17. The van der Waals surface area contributed by atoms with Crippen molar-refractivity contribution >= 4 is 21.6 Å². The molecule has 2 rings (SSSR count). The fourth-order valence-electron chi connectivity index (χ4n) is 2.16. The number of hydrogen-bond donors (Lipinski definition) is 2. The Hall–Kier alpha value is -2.33. The molecule has 130 valence electrons. The molecule has 0 fully saturated rings. The van der Waals surface area contributed by atoms with Gasteiger partial charge in [0.2, 0.25) is 15.9 Å². The van der Waals surface area contributed by atoms with Gasteiger partial charge in [-0.2, -0.15) is 9.40 Å². The number of aryl methyl sites for hydroxylation is 2. The summed E-state index contributed by atoms with van der Waals surface area (Å²) < 4.78 is 52.8. The van der Waals surface area contributed by atoms with Gasteiger partial charge in [0.25, 0.3) is 0 Å². The minimum absolute atomic E-state index is 0.0325. The minimum Gasteiger partial charge on any atom is -0.320 e. The van der Waals surface area contributed by atoms with E-state index in [1.165, 1.54) is 20.9 Å². The van der Waals surface area contributed by atoms with E-state index in [1.807, 2.05) is 5.32 Å². The molecule has 0 spiro atoms. The van der Waals surface area contributed by atoms with Crippen molar-refractivity contribution in [2.24, 2.45) is 0 Å². The summed E-state index contributed by atoms with van der Waals surface area (Å²) in [7, 11) is -2.78. The number of anilines is 1. The van der Waals surface area contributed by atoms with Gasteiger partial charge in [0.05, 0.1) is 17.9 Å². The number of H-pyrrole nitrogens is 1. The van der Waals surface area contributed by atoms with Gasteiger partial charge >= 0.3 is 0 Å². The smallest absolute Gasteiger partial charge is 0.246 e. The highest BCUT2D eigenvalue weighted by molar-refractivity contribution is 7.89. The van der Waals surface area contributed by atoms with Gasteiger partial charge < -0.3 is 5.32 Å². The van der Waals surface area contributed by atoms with Crippen LogP contribution in [0, 0.1) is 25.5 Å². The first-order chi connectivity index (χ1) is 11.1. The van der Waals surface area contributed by atoms with Gasteiger partial charge in [-0.1, -0.05) is 6.07 Å². The van der Waals surface area contributed by atoms with E-state index < -0.39 is 39.8 Å². The van der Waals surface area contributed by atoms with Crippen molar-refractivity contribution in [2.45, 2.75) is 18.7 Å². The molecule has 0 aliphatic heterocycles. The fraction of sp³-hybridized carbons (Fsp3) is 0.286. The molecule has 1 aromatic heterocycles. The lowest BCUT2D eigenvalue weighted by Crippen LogP contribution is -2.35. The monoisotopic (exact) mass is 358 g/mol. The number of hydrogen-bond acceptors (Lipinski definition) is 4. The first kappa shape index (κ1) is 18.0.